The van der Waals surface area contributed by atoms with E-state index in [2.05, 4.69) is 46.4 Å². The van der Waals surface area contributed by atoms with Crippen molar-refractivity contribution >= 4 is 19.9 Å². The van der Waals surface area contributed by atoms with Crippen LogP contribution in [-0.2, 0) is 12.6 Å². The molecule has 6 heteroatoms. The van der Waals surface area contributed by atoms with Crippen LogP contribution in [0.2, 0.25) is 0 Å². The molecule has 0 aliphatic carbocycles. The molecule has 0 heterocycles. The molecule has 0 nitrogen and oxygen atoms in total. The Kier molecular flexibility index (Phi) is 5.39. The molecule has 0 fully saturated rings. The maximum Gasteiger partial charge on any atom is 0.673 e. The van der Waals surface area contributed by atoms with Crippen molar-refractivity contribution < 1.29 is 17.3 Å². The van der Waals surface area contributed by atoms with Crippen LogP contribution in [0.15, 0.2) is 11.0 Å². The standard InChI is InChI=1S/C10H14S.BF4/c1-6-5-10(11)9(4)8(3)7(6)2;2-1(3,4)5/h5,11H,1-4H3;/q;-1/p+1. The zero-order valence-corrected chi connectivity index (χ0v) is 10.7. The third kappa shape index (κ3) is 5.44. The highest BCUT2D eigenvalue weighted by molar-refractivity contribution is 7.58. The molecule has 1 aromatic rings. The van der Waals surface area contributed by atoms with Gasteiger partial charge in [-0.1, -0.05) is 0 Å². The first-order chi connectivity index (χ1) is 7.04. The first-order valence-electron chi connectivity index (χ1n) is 4.70. The van der Waals surface area contributed by atoms with Crippen molar-refractivity contribution in [1.82, 2.24) is 0 Å². The Morgan fingerprint density at radius 2 is 1.25 bits per heavy atom. The van der Waals surface area contributed by atoms with Crippen molar-refractivity contribution in [2.45, 2.75) is 32.6 Å². The van der Waals surface area contributed by atoms with Crippen LogP contribution in [0.3, 0.4) is 0 Å². The van der Waals surface area contributed by atoms with Crippen LogP contribution in [-0.4, -0.2) is 7.25 Å². The molecule has 0 amide bonds. The van der Waals surface area contributed by atoms with Crippen LogP contribution in [0, 0.1) is 27.7 Å². The molecule has 0 saturated heterocycles. The van der Waals surface area contributed by atoms with Gasteiger partial charge < -0.3 is 17.3 Å². The van der Waals surface area contributed by atoms with Crippen LogP contribution in [0.25, 0.3) is 0 Å². The molecular weight excluding hydrogens is 239 g/mol. The predicted molar refractivity (Wildman–Crippen MR) is 64.0 cm³/mol. The van der Waals surface area contributed by atoms with Crippen LogP contribution in [0.4, 0.5) is 17.3 Å². The number of hydrogen-bond acceptors (Lipinski definition) is 0. The highest BCUT2D eigenvalue weighted by Crippen LogP contribution is 2.20. The average molecular weight is 254 g/mol. The van der Waals surface area contributed by atoms with Gasteiger partial charge in [-0.25, -0.2) is 0 Å². The van der Waals surface area contributed by atoms with Gasteiger partial charge in [0.05, 0.1) is 0 Å². The third-order valence-corrected chi connectivity index (χ3v) is 3.00. The topological polar surface area (TPSA) is 0 Å². The largest absolute Gasteiger partial charge is 0.673 e. The highest BCUT2D eigenvalue weighted by atomic mass is 32.1. The summed E-state index contributed by atoms with van der Waals surface area (Å²) in [6.45, 7) is 8.63. The number of hydrogen-bond donors (Lipinski definition) is 0. The molecule has 1 rings (SSSR count). The number of rotatable bonds is 0. The summed E-state index contributed by atoms with van der Waals surface area (Å²) < 4.78 is 39.0. The maximum absolute atomic E-state index is 9.75. The van der Waals surface area contributed by atoms with Crippen molar-refractivity contribution in [2.24, 2.45) is 0 Å². The summed E-state index contributed by atoms with van der Waals surface area (Å²) in [6, 6.07) is 2.18. The Morgan fingerprint density at radius 3 is 1.62 bits per heavy atom. The lowest BCUT2D eigenvalue weighted by Gasteiger charge is -2.06. The smallest absolute Gasteiger partial charge is 0.418 e. The van der Waals surface area contributed by atoms with Gasteiger partial charge in [-0.2, -0.15) is 0 Å². The minimum absolute atomic E-state index is 1.21. The Hall–Kier alpha value is -0.645. The second-order valence-electron chi connectivity index (χ2n) is 3.61. The van der Waals surface area contributed by atoms with Crippen LogP contribution in [0.1, 0.15) is 22.3 Å². The van der Waals surface area contributed by atoms with Crippen LogP contribution >= 0.6 is 0 Å². The van der Waals surface area contributed by atoms with Gasteiger partial charge in [-0.3, -0.25) is 0 Å². The predicted octanol–water partition coefficient (Wildman–Crippen LogP) is 3.59. The van der Waals surface area contributed by atoms with Crippen molar-refractivity contribution in [3.63, 3.8) is 0 Å². The van der Waals surface area contributed by atoms with E-state index in [1.165, 1.54) is 27.1 Å². The lowest BCUT2D eigenvalue weighted by atomic mass is 10.00. The minimum Gasteiger partial charge on any atom is -0.418 e. The number of halogens is 4. The van der Waals surface area contributed by atoms with E-state index in [9.17, 15) is 17.3 Å². The Bertz CT molecular complexity index is 342. The van der Waals surface area contributed by atoms with Crippen molar-refractivity contribution in [3.05, 3.63) is 28.3 Å². The molecule has 0 saturated carbocycles. The van der Waals surface area contributed by atoms with E-state index >= 15 is 0 Å². The summed E-state index contributed by atoms with van der Waals surface area (Å²) in [5.41, 5.74) is 5.52. The molecular formula is C10H15BF4S. The lowest BCUT2D eigenvalue weighted by molar-refractivity contribution is 0.368. The Labute approximate surface area is 98.6 Å². The Balaban J connectivity index is 0.000000385. The molecule has 1 aromatic carbocycles. The van der Waals surface area contributed by atoms with Gasteiger partial charge in [-0.15, -0.1) is 0 Å². The fourth-order valence-corrected chi connectivity index (χ4v) is 1.62. The first-order valence-corrected chi connectivity index (χ1v) is 5.20. The quantitative estimate of drug-likeness (QED) is 0.377. The second-order valence-corrected chi connectivity index (χ2v) is 4.15. The Morgan fingerprint density at radius 1 is 0.875 bits per heavy atom. The molecule has 0 radical (unpaired) electrons. The average Bonchev–Trinajstić information content (AvgIpc) is 2.09. The zero-order chi connectivity index (χ0) is 13.1. The van der Waals surface area contributed by atoms with Gasteiger partial charge in [0.1, 0.15) is 0 Å². The summed E-state index contributed by atoms with van der Waals surface area (Å²) in [7, 11) is -6.00. The van der Waals surface area contributed by atoms with Crippen molar-refractivity contribution in [1.29, 1.82) is 0 Å². The van der Waals surface area contributed by atoms with E-state index < -0.39 is 7.25 Å². The van der Waals surface area contributed by atoms with Gasteiger partial charge in [0, 0.05) is 5.56 Å². The summed E-state index contributed by atoms with van der Waals surface area (Å²) in [5.74, 6) is 0. The van der Waals surface area contributed by atoms with E-state index in [-0.39, 0.29) is 0 Å². The number of aryl methyl sites for hydroxylation is 1. The van der Waals surface area contributed by atoms with E-state index in [1.807, 2.05) is 0 Å². The van der Waals surface area contributed by atoms with E-state index in [4.69, 9.17) is 0 Å². The molecule has 0 unspecified atom stereocenters. The minimum atomic E-state index is -6.00. The summed E-state index contributed by atoms with van der Waals surface area (Å²) >= 11 is 3.58. The maximum atomic E-state index is 9.75. The first kappa shape index (κ1) is 15.4. The molecule has 0 aliphatic rings. The van der Waals surface area contributed by atoms with Crippen LogP contribution < -0.4 is 0 Å². The van der Waals surface area contributed by atoms with E-state index in [1.54, 1.807) is 0 Å². The van der Waals surface area contributed by atoms with E-state index in [0.717, 1.165) is 0 Å². The molecule has 0 aromatic heterocycles. The summed E-state index contributed by atoms with van der Waals surface area (Å²) in [6.07, 6.45) is 0. The molecule has 92 valence electrons. The summed E-state index contributed by atoms with van der Waals surface area (Å²) in [5, 5.41) is 0. The summed E-state index contributed by atoms with van der Waals surface area (Å²) in [4.78, 5) is 1.21. The van der Waals surface area contributed by atoms with Crippen molar-refractivity contribution in [2.75, 3.05) is 0 Å². The highest BCUT2D eigenvalue weighted by Gasteiger charge is 2.20. The lowest BCUT2D eigenvalue weighted by Crippen LogP contribution is -2.02. The van der Waals surface area contributed by atoms with Gasteiger partial charge in [0.15, 0.2) is 4.90 Å². The van der Waals surface area contributed by atoms with E-state index in [0.29, 0.717) is 0 Å². The monoisotopic (exact) mass is 254 g/mol. The molecule has 0 N–H and O–H groups in total. The molecule has 0 aliphatic heterocycles. The fourth-order valence-electron chi connectivity index (χ4n) is 1.21. The zero-order valence-electron chi connectivity index (χ0n) is 9.67. The normalized spacial score (nSPS) is 10.8. The van der Waals surface area contributed by atoms with Crippen LogP contribution in [0.5, 0.6) is 0 Å². The van der Waals surface area contributed by atoms with Gasteiger partial charge >= 0.3 is 7.25 Å². The third-order valence-electron chi connectivity index (χ3n) is 2.48. The fraction of sp³-hybridized carbons (Fsp3) is 0.400. The van der Waals surface area contributed by atoms with Gasteiger partial charge in [0.2, 0.25) is 0 Å². The van der Waals surface area contributed by atoms with Gasteiger partial charge in [0.25, 0.3) is 0 Å². The second kappa shape index (κ2) is 5.61. The number of benzene rings is 1. The molecule has 16 heavy (non-hydrogen) atoms. The molecule has 0 spiro atoms. The molecule has 0 atom stereocenters. The molecule has 0 bridgehead atoms. The van der Waals surface area contributed by atoms with Gasteiger partial charge in [-0.05, 0) is 63.1 Å². The SMILES string of the molecule is Cc1cc([SH2+])c(C)c(C)c1C.F[B-](F)(F)F. The van der Waals surface area contributed by atoms with Crippen molar-refractivity contribution in [3.8, 4) is 0 Å².